The van der Waals surface area contributed by atoms with Gasteiger partial charge in [-0.1, -0.05) is 6.92 Å². The third kappa shape index (κ3) is 2.63. The highest BCUT2D eigenvalue weighted by Gasteiger charge is 2.39. The fourth-order valence-electron chi connectivity index (χ4n) is 2.41. The molecule has 0 saturated carbocycles. The van der Waals surface area contributed by atoms with Crippen LogP contribution in [-0.2, 0) is 16.1 Å². The zero-order valence-corrected chi connectivity index (χ0v) is 10.9. The minimum Gasteiger partial charge on any atom is -0.480 e. The maximum Gasteiger partial charge on any atom is 0.328 e. The summed E-state index contributed by atoms with van der Waals surface area (Å²) in [6, 6.07) is 0.275. The number of H-pyrrole nitrogens is 1. The van der Waals surface area contributed by atoms with Gasteiger partial charge in [0.25, 0.3) is 5.56 Å². The Labute approximate surface area is 113 Å². The lowest BCUT2D eigenvalue weighted by Crippen LogP contribution is -2.45. The molecule has 1 aromatic heterocycles. The number of nitrogens with zero attached hydrogens (tertiary/aromatic N) is 2. The molecule has 2 N–H and O–H groups in total. The van der Waals surface area contributed by atoms with Gasteiger partial charge in [0.2, 0.25) is 5.91 Å². The number of carboxylic acids is 1. The van der Waals surface area contributed by atoms with Crippen molar-refractivity contribution in [2.24, 2.45) is 5.92 Å². The molecule has 0 radical (unpaired) electrons. The molecule has 1 fully saturated rings. The van der Waals surface area contributed by atoms with Crippen LogP contribution in [0.25, 0.3) is 0 Å². The molecule has 0 spiro atoms. The summed E-state index contributed by atoms with van der Waals surface area (Å²) in [6.45, 7) is 1.85. The van der Waals surface area contributed by atoms with Crippen LogP contribution in [0.4, 0.5) is 0 Å². The number of aromatic amines is 1. The van der Waals surface area contributed by atoms with Crippen molar-refractivity contribution in [2.75, 3.05) is 6.54 Å². The van der Waals surface area contributed by atoms with E-state index in [9.17, 15) is 19.2 Å². The van der Waals surface area contributed by atoms with Crippen molar-refractivity contribution in [3.05, 3.63) is 33.1 Å². The van der Waals surface area contributed by atoms with E-state index in [0.29, 0.717) is 13.0 Å². The second kappa shape index (κ2) is 5.32. The molecule has 2 atom stereocenters. The van der Waals surface area contributed by atoms with Crippen molar-refractivity contribution in [3.63, 3.8) is 0 Å². The quantitative estimate of drug-likeness (QED) is 0.727. The molecule has 0 aromatic carbocycles. The molecule has 1 aliphatic heterocycles. The lowest BCUT2D eigenvalue weighted by atomic mass is 10.0. The van der Waals surface area contributed by atoms with E-state index in [0.717, 1.165) is 10.6 Å². The normalized spacial score (nSPS) is 21.9. The fourth-order valence-corrected chi connectivity index (χ4v) is 2.41. The van der Waals surface area contributed by atoms with E-state index < -0.39 is 29.2 Å². The maximum atomic E-state index is 12.1. The maximum absolute atomic E-state index is 12.1. The molecule has 1 aromatic rings. The van der Waals surface area contributed by atoms with E-state index in [-0.39, 0.29) is 12.5 Å². The largest absolute Gasteiger partial charge is 0.480 e. The van der Waals surface area contributed by atoms with Crippen LogP contribution in [0.5, 0.6) is 0 Å². The second-order valence-corrected chi connectivity index (χ2v) is 4.87. The van der Waals surface area contributed by atoms with Gasteiger partial charge in [-0.3, -0.25) is 19.1 Å². The molecule has 1 saturated heterocycles. The van der Waals surface area contributed by atoms with E-state index in [1.807, 2.05) is 4.98 Å². The molecule has 108 valence electrons. The van der Waals surface area contributed by atoms with Gasteiger partial charge in [0, 0.05) is 18.8 Å². The molecule has 2 rings (SSSR count). The van der Waals surface area contributed by atoms with E-state index in [1.165, 1.54) is 11.1 Å². The van der Waals surface area contributed by atoms with Gasteiger partial charge in [0.15, 0.2) is 0 Å². The highest BCUT2D eigenvalue weighted by Crippen LogP contribution is 2.24. The smallest absolute Gasteiger partial charge is 0.328 e. The summed E-state index contributed by atoms with van der Waals surface area (Å²) in [5, 5.41) is 9.15. The molecule has 1 aliphatic rings. The van der Waals surface area contributed by atoms with E-state index in [2.05, 4.69) is 0 Å². The van der Waals surface area contributed by atoms with E-state index in [1.54, 1.807) is 6.92 Å². The van der Waals surface area contributed by atoms with Gasteiger partial charge in [-0.15, -0.1) is 0 Å². The first-order chi connectivity index (χ1) is 9.40. The van der Waals surface area contributed by atoms with Crippen molar-refractivity contribution in [1.29, 1.82) is 0 Å². The number of carbonyl (C=O) groups is 2. The van der Waals surface area contributed by atoms with Crippen molar-refractivity contribution >= 4 is 11.9 Å². The Morgan fingerprint density at radius 3 is 2.75 bits per heavy atom. The molecule has 2 unspecified atom stereocenters. The first kappa shape index (κ1) is 14.0. The molecule has 0 bridgehead atoms. The first-order valence-corrected chi connectivity index (χ1v) is 6.22. The molecular formula is C12H15N3O5. The molecular weight excluding hydrogens is 266 g/mol. The third-order valence-corrected chi connectivity index (χ3v) is 3.48. The number of nitrogens with one attached hydrogen (secondary N) is 1. The molecule has 8 nitrogen and oxygen atoms in total. The Balaban J connectivity index is 2.18. The Kier molecular flexibility index (Phi) is 3.73. The zero-order chi connectivity index (χ0) is 14.9. The number of carbonyl (C=O) groups excluding carboxylic acids is 1. The van der Waals surface area contributed by atoms with Crippen LogP contribution in [0.15, 0.2) is 21.9 Å². The minimum absolute atomic E-state index is 0.122. The van der Waals surface area contributed by atoms with E-state index >= 15 is 0 Å². The van der Waals surface area contributed by atoms with Gasteiger partial charge >= 0.3 is 11.7 Å². The van der Waals surface area contributed by atoms with Gasteiger partial charge in [0.1, 0.15) is 12.6 Å². The van der Waals surface area contributed by atoms with Gasteiger partial charge in [-0.2, -0.15) is 0 Å². The van der Waals surface area contributed by atoms with E-state index in [4.69, 9.17) is 5.11 Å². The Morgan fingerprint density at radius 1 is 1.45 bits per heavy atom. The van der Waals surface area contributed by atoms with Crippen LogP contribution >= 0.6 is 0 Å². The van der Waals surface area contributed by atoms with Crippen LogP contribution in [0.3, 0.4) is 0 Å². The van der Waals surface area contributed by atoms with Gasteiger partial charge in [-0.25, -0.2) is 9.59 Å². The number of likely N-dealkylation sites (tertiary alicyclic amines) is 1. The zero-order valence-electron chi connectivity index (χ0n) is 10.9. The van der Waals surface area contributed by atoms with Gasteiger partial charge in [-0.05, 0) is 12.3 Å². The highest BCUT2D eigenvalue weighted by molar-refractivity contribution is 5.84. The Morgan fingerprint density at radius 2 is 2.15 bits per heavy atom. The monoisotopic (exact) mass is 281 g/mol. The van der Waals surface area contributed by atoms with Gasteiger partial charge < -0.3 is 10.0 Å². The predicted octanol–water partition coefficient (Wildman–Crippen LogP) is -1.14. The number of hydrogen-bond acceptors (Lipinski definition) is 4. The number of rotatable bonds is 3. The molecule has 20 heavy (non-hydrogen) atoms. The molecule has 8 heteroatoms. The number of aromatic nitrogens is 2. The van der Waals surface area contributed by atoms with Crippen LogP contribution in [0.1, 0.15) is 13.3 Å². The van der Waals surface area contributed by atoms with Crippen molar-refractivity contribution < 1.29 is 14.7 Å². The summed E-state index contributed by atoms with van der Waals surface area (Å²) in [5.41, 5.74) is -1.23. The highest BCUT2D eigenvalue weighted by atomic mass is 16.4. The van der Waals surface area contributed by atoms with Gasteiger partial charge in [0.05, 0.1) is 0 Å². The minimum atomic E-state index is -1.04. The summed E-state index contributed by atoms with van der Waals surface area (Å²) in [6.07, 6.45) is 1.83. The summed E-state index contributed by atoms with van der Waals surface area (Å²) in [5.74, 6) is -1.61. The van der Waals surface area contributed by atoms with Crippen LogP contribution in [-0.4, -0.2) is 44.0 Å². The summed E-state index contributed by atoms with van der Waals surface area (Å²) >= 11 is 0. The number of hydrogen-bond donors (Lipinski definition) is 2. The first-order valence-electron chi connectivity index (χ1n) is 6.22. The summed E-state index contributed by atoms with van der Waals surface area (Å²) in [4.78, 5) is 49.0. The average Bonchev–Trinajstić information content (AvgIpc) is 2.74. The lowest BCUT2D eigenvalue weighted by Gasteiger charge is -2.23. The van der Waals surface area contributed by atoms with Crippen LogP contribution < -0.4 is 11.2 Å². The third-order valence-electron chi connectivity index (χ3n) is 3.48. The SMILES string of the molecule is CC1CCN(C(=O)Cn2ccc(=O)[nH]c2=O)C1C(=O)O. The van der Waals surface area contributed by atoms with Crippen LogP contribution in [0.2, 0.25) is 0 Å². The standard InChI is InChI=1S/C12H15N3O5/c1-7-2-5-15(10(7)11(18)19)9(17)6-14-4-3-8(16)13-12(14)20/h3-4,7,10H,2,5-6H2,1H3,(H,18,19)(H,13,16,20). The summed E-state index contributed by atoms with van der Waals surface area (Å²) < 4.78 is 1.05. The van der Waals surface area contributed by atoms with Crippen molar-refractivity contribution in [1.82, 2.24) is 14.5 Å². The average molecular weight is 281 g/mol. The second-order valence-electron chi connectivity index (χ2n) is 4.87. The molecule has 1 amide bonds. The van der Waals surface area contributed by atoms with Crippen LogP contribution in [0, 0.1) is 5.92 Å². The Hall–Kier alpha value is -2.38. The molecule has 2 heterocycles. The topological polar surface area (TPSA) is 112 Å². The number of aliphatic carboxylic acids is 1. The number of amides is 1. The Bertz CT molecular complexity index is 647. The summed E-state index contributed by atoms with van der Waals surface area (Å²) in [7, 11) is 0. The predicted molar refractivity (Wildman–Crippen MR) is 68.2 cm³/mol. The number of carboxylic acid groups (broad SMARTS) is 1. The van der Waals surface area contributed by atoms with Crippen molar-refractivity contribution in [3.8, 4) is 0 Å². The fraction of sp³-hybridized carbons (Fsp3) is 0.500. The van der Waals surface area contributed by atoms with Crippen molar-refractivity contribution in [2.45, 2.75) is 25.9 Å². The lowest BCUT2D eigenvalue weighted by molar-refractivity contribution is -0.149. The molecule has 0 aliphatic carbocycles.